The summed E-state index contributed by atoms with van der Waals surface area (Å²) < 4.78 is 4.06. The minimum Gasteiger partial charge on any atom is -0.337 e. The topological polar surface area (TPSA) is 129 Å². The smallest absolute Gasteiger partial charge is 0.176 e. The van der Waals surface area contributed by atoms with Crippen molar-refractivity contribution in [2.75, 3.05) is 6.54 Å². The first-order valence-electron chi connectivity index (χ1n) is 13.6. The number of fused-ring (bicyclic) bond motifs is 2. The van der Waals surface area contributed by atoms with Crippen molar-refractivity contribution in [1.82, 2.24) is 39.0 Å². The van der Waals surface area contributed by atoms with E-state index in [1.165, 1.54) is 12.8 Å². The van der Waals surface area contributed by atoms with Crippen LogP contribution in [0.25, 0.3) is 22.3 Å². The molecule has 1 aliphatic rings. The highest BCUT2D eigenvalue weighted by Gasteiger charge is 2.27. The van der Waals surface area contributed by atoms with Crippen molar-refractivity contribution in [3.05, 3.63) is 70.1 Å². The SMILES string of the molecule is CC(C)c1nc2c([nH]1)c(=N)ncn2Cc1ccc(Cl)cc1.CCCn1cnc(=NCC)c2[nH]c(C3CC3)nc21. The van der Waals surface area contributed by atoms with Crippen molar-refractivity contribution >= 4 is 33.9 Å². The molecule has 0 unspecified atom stereocenters. The van der Waals surface area contributed by atoms with E-state index in [1.807, 2.05) is 42.1 Å². The van der Waals surface area contributed by atoms with Gasteiger partial charge in [-0.25, -0.2) is 19.9 Å². The molecule has 1 aliphatic carbocycles. The van der Waals surface area contributed by atoms with Gasteiger partial charge in [-0.3, -0.25) is 10.4 Å². The molecule has 204 valence electrons. The van der Waals surface area contributed by atoms with Crippen molar-refractivity contribution in [3.8, 4) is 0 Å². The second-order valence-electron chi connectivity index (χ2n) is 10.2. The van der Waals surface area contributed by atoms with Crippen LogP contribution in [0, 0.1) is 5.41 Å². The summed E-state index contributed by atoms with van der Waals surface area (Å²) in [7, 11) is 0. The Morgan fingerprint density at radius 2 is 1.72 bits per heavy atom. The average Bonchev–Trinajstić information content (AvgIpc) is 3.49. The summed E-state index contributed by atoms with van der Waals surface area (Å²) >= 11 is 5.91. The van der Waals surface area contributed by atoms with E-state index in [1.54, 1.807) is 6.33 Å². The Kier molecular flexibility index (Phi) is 7.92. The number of benzene rings is 1. The number of H-pyrrole nitrogens is 2. The number of imidazole rings is 2. The number of aryl methyl sites for hydroxylation is 1. The third kappa shape index (κ3) is 5.95. The van der Waals surface area contributed by atoms with Gasteiger partial charge in [0.15, 0.2) is 22.3 Å². The maximum absolute atomic E-state index is 7.91. The van der Waals surface area contributed by atoms with E-state index in [9.17, 15) is 0 Å². The molecule has 0 atom stereocenters. The third-order valence-electron chi connectivity index (χ3n) is 6.61. The largest absolute Gasteiger partial charge is 0.337 e. The van der Waals surface area contributed by atoms with Crippen LogP contribution in [-0.2, 0) is 13.1 Å². The minimum absolute atomic E-state index is 0.219. The normalized spacial score (nSPS) is 13.8. The summed E-state index contributed by atoms with van der Waals surface area (Å²) in [6, 6.07) is 7.69. The third-order valence-corrected chi connectivity index (χ3v) is 6.86. The van der Waals surface area contributed by atoms with Crippen molar-refractivity contribution in [1.29, 1.82) is 5.41 Å². The minimum atomic E-state index is 0.219. The van der Waals surface area contributed by atoms with Gasteiger partial charge in [0, 0.05) is 29.9 Å². The second kappa shape index (κ2) is 11.5. The quantitative estimate of drug-likeness (QED) is 0.264. The van der Waals surface area contributed by atoms with Gasteiger partial charge in [-0.2, -0.15) is 0 Å². The molecule has 6 rings (SSSR count). The van der Waals surface area contributed by atoms with Gasteiger partial charge < -0.3 is 19.1 Å². The lowest BCUT2D eigenvalue weighted by molar-refractivity contribution is 0.676. The van der Waals surface area contributed by atoms with Crippen molar-refractivity contribution in [3.63, 3.8) is 0 Å². The summed E-state index contributed by atoms with van der Waals surface area (Å²) in [6.07, 6.45) is 7.10. The van der Waals surface area contributed by atoms with E-state index in [0.717, 1.165) is 64.0 Å². The van der Waals surface area contributed by atoms with E-state index in [4.69, 9.17) is 22.0 Å². The number of halogens is 1. The molecular weight excluding hydrogens is 512 g/mol. The molecule has 3 N–H and O–H groups in total. The lowest BCUT2D eigenvalue weighted by atomic mass is 10.2. The number of rotatable bonds is 7. The van der Waals surface area contributed by atoms with Gasteiger partial charge in [-0.1, -0.05) is 44.5 Å². The number of hydrogen-bond donors (Lipinski definition) is 3. The first-order chi connectivity index (χ1) is 18.9. The number of aromatic amines is 2. The molecule has 5 aromatic rings. The molecule has 0 aliphatic heterocycles. The predicted octanol–water partition coefficient (Wildman–Crippen LogP) is 5.03. The second-order valence-corrected chi connectivity index (χ2v) is 10.6. The highest BCUT2D eigenvalue weighted by atomic mass is 35.5. The summed E-state index contributed by atoms with van der Waals surface area (Å²) in [5.41, 5.74) is 5.55. The van der Waals surface area contributed by atoms with Crippen LogP contribution in [0.4, 0.5) is 0 Å². The van der Waals surface area contributed by atoms with Crippen molar-refractivity contribution in [2.24, 2.45) is 4.99 Å². The molecule has 0 saturated heterocycles. The van der Waals surface area contributed by atoms with Gasteiger partial charge in [0.1, 0.15) is 22.7 Å². The zero-order valence-electron chi connectivity index (χ0n) is 22.9. The van der Waals surface area contributed by atoms with Gasteiger partial charge in [-0.15, -0.1) is 0 Å². The summed E-state index contributed by atoms with van der Waals surface area (Å²) in [5, 5.41) is 8.63. The number of hydrogen-bond acceptors (Lipinski definition) is 6. The zero-order valence-corrected chi connectivity index (χ0v) is 23.6. The van der Waals surface area contributed by atoms with Crippen LogP contribution in [0.2, 0.25) is 5.02 Å². The first kappa shape index (κ1) is 26.8. The summed E-state index contributed by atoms with van der Waals surface area (Å²) in [5.74, 6) is 2.88. The number of nitrogens with zero attached hydrogens (tertiary/aromatic N) is 7. The lowest BCUT2D eigenvalue weighted by Gasteiger charge is -2.07. The van der Waals surface area contributed by atoms with E-state index in [0.29, 0.717) is 18.0 Å². The Morgan fingerprint density at radius 1 is 1.00 bits per heavy atom. The molecular formula is C28H35ClN10. The molecule has 0 radical (unpaired) electrons. The van der Waals surface area contributed by atoms with E-state index in [-0.39, 0.29) is 11.4 Å². The van der Waals surface area contributed by atoms with Crippen LogP contribution < -0.4 is 11.0 Å². The molecule has 0 amide bonds. The van der Waals surface area contributed by atoms with Crippen LogP contribution in [0.5, 0.6) is 0 Å². The van der Waals surface area contributed by atoms with Crippen LogP contribution >= 0.6 is 11.6 Å². The van der Waals surface area contributed by atoms with Gasteiger partial charge in [0.25, 0.3) is 0 Å². The van der Waals surface area contributed by atoms with Crippen LogP contribution in [0.15, 0.2) is 41.9 Å². The molecule has 4 aromatic heterocycles. The summed E-state index contributed by atoms with van der Waals surface area (Å²) in [6.45, 7) is 10.7. The maximum atomic E-state index is 7.91. The average molecular weight is 547 g/mol. The fourth-order valence-electron chi connectivity index (χ4n) is 4.39. The molecule has 4 heterocycles. The molecule has 10 nitrogen and oxygen atoms in total. The standard InChI is InChI=1S/C15H16ClN5.C13H19N5/c1-9(2)14-19-12-13(17)18-8-21(15(12)20-14)7-10-3-5-11(16)6-4-10;1-3-7-18-8-15-12(14-4-2)10-13(18)17-11(16-10)9-5-6-9/h3-6,8-9,17H,7H2,1-2H3,(H,19,20);8-9H,3-7H2,1-2H3,(H,16,17). The molecule has 39 heavy (non-hydrogen) atoms. The lowest BCUT2D eigenvalue weighted by Crippen LogP contribution is -2.14. The Hall–Kier alpha value is -3.79. The van der Waals surface area contributed by atoms with Gasteiger partial charge in [-0.05, 0) is 43.9 Å². The highest BCUT2D eigenvalue weighted by Crippen LogP contribution is 2.38. The van der Waals surface area contributed by atoms with Crippen molar-refractivity contribution in [2.45, 2.75) is 71.9 Å². The van der Waals surface area contributed by atoms with Crippen LogP contribution in [0.1, 0.15) is 76.0 Å². The van der Waals surface area contributed by atoms with Gasteiger partial charge in [0.2, 0.25) is 0 Å². The van der Waals surface area contributed by atoms with Gasteiger partial charge >= 0.3 is 0 Å². The fourth-order valence-corrected chi connectivity index (χ4v) is 4.52. The molecule has 11 heteroatoms. The number of aromatic nitrogens is 8. The molecule has 0 spiro atoms. The number of nitrogens with one attached hydrogen (secondary N) is 3. The van der Waals surface area contributed by atoms with E-state index < -0.39 is 0 Å². The van der Waals surface area contributed by atoms with Gasteiger partial charge in [0.05, 0.1) is 19.2 Å². The van der Waals surface area contributed by atoms with Crippen LogP contribution in [0.3, 0.4) is 0 Å². The van der Waals surface area contributed by atoms with E-state index in [2.05, 4.69) is 55.3 Å². The van der Waals surface area contributed by atoms with Crippen molar-refractivity contribution < 1.29 is 0 Å². The zero-order chi connectivity index (χ0) is 27.5. The monoisotopic (exact) mass is 546 g/mol. The Labute approximate surface area is 231 Å². The first-order valence-corrected chi connectivity index (χ1v) is 13.9. The Balaban J connectivity index is 0.000000160. The van der Waals surface area contributed by atoms with E-state index >= 15 is 0 Å². The maximum Gasteiger partial charge on any atom is 0.176 e. The Morgan fingerprint density at radius 3 is 2.38 bits per heavy atom. The Bertz CT molecular complexity index is 1700. The highest BCUT2D eigenvalue weighted by molar-refractivity contribution is 6.30. The summed E-state index contributed by atoms with van der Waals surface area (Å²) in [4.78, 5) is 29.0. The van der Waals surface area contributed by atoms with Crippen LogP contribution in [-0.4, -0.2) is 45.6 Å². The molecule has 1 saturated carbocycles. The fraction of sp³-hybridized carbons (Fsp3) is 0.429. The molecule has 0 bridgehead atoms. The predicted molar refractivity (Wildman–Crippen MR) is 153 cm³/mol. The molecule has 1 fully saturated rings. The molecule has 1 aromatic carbocycles.